The number of hydrogen-bond donors (Lipinski definition) is 1. The van der Waals surface area contributed by atoms with Crippen molar-refractivity contribution in [1.82, 2.24) is 0 Å². The van der Waals surface area contributed by atoms with Gasteiger partial charge in [-0.05, 0) is 30.5 Å². The van der Waals surface area contributed by atoms with Crippen molar-refractivity contribution in [2.45, 2.75) is 26.2 Å². The van der Waals surface area contributed by atoms with E-state index in [1.807, 2.05) is 26.0 Å². The summed E-state index contributed by atoms with van der Waals surface area (Å²) in [5, 5.41) is 8.79. The number of hydrogen-bond acceptors (Lipinski definition) is 3. The summed E-state index contributed by atoms with van der Waals surface area (Å²) in [7, 11) is 3.18. The smallest absolute Gasteiger partial charge is 0.303 e. The minimum atomic E-state index is -0.809. The summed E-state index contributed by atoms with van der Waals surface area (Å²) in [6.45, 7) is 3.78. The fourth-order valence-corrected chi connectivity index (χ4v) is 1.77. The van der Waals surface area contributed by atoms with Gasteiger partial charge in [0.1, 0.15) is 11.5 Å². The highest BCUT2D eigenvalue weighted by Crippen LogP contribution is 2.33. The van der Waals surface area contributed by atoms with Gasteiger partial charge in [-0.2, -0.15) is 0 Å². The van der Waals surface area contributed by atoms with Gasteiger partial charge < -0.3 is 14.6 Å². The van der Waals surface area contributed by atoms with Gasteiger partial charge in [-0.25, -0.2) is 0 Å². The van der Waals surface area contributed by atoms with Crippen LogP contribution in [-0.4, -0.2) is 25.3 Å². The molecule has 1 atom stereocenters. The van der Waals surface area contributed by atoms with Crippen LogP contribution in [0.4, 0.5) is 0 Å². The second-order valence-electron chi connectivity index (χ2n) is 4.05. The largest absolute Gasteiger partial charge is 0.496 e. The Balaban J connectivity index is 3.12. The molecule has 0 saturated heterocycles. The summed E-state index contributed by atoms with van der Waals surface area (Å²) in [5.74, 6) is 0.556. The van der Waals surface area contributed by atoms with Gasteiger partial charge in [0, 0.05) is 5.56 Å². The standard InChI is InChI=1S/C13H18O4/c1-8(5-13(14)15)10-6-11(16-3)9(2)12(7-10)17-4/h6-8H,5H2,1-4H3,(H,14,15). The first kappa shape index (κ1) is 13.4. The van der Waals surface area contributed by atoms with Gasteiger partial charge >= 0.3 is 5.97 Å². The fraction of sp³-hybridized carbons (Fsp3) is 0.462. The van der Waals surface area contributed by atoms with E-state index in [0.29, 0.717) is 0 Å². The van der Waals surface area contributed by atoms with Gasteiger partial charge in [0.25, 0.3) is 0 Å². The van der Waals surface area contributed by atoms with Crippen molar-refractivity contribution in [3.05, 3.63) is 23.3 Å². The van der Waals surface area contributed by atoms with E-state index in [2.05, 4.69) is 0 Å². The van der Waals surface area contributed by atoms with Gasteiger partial charge in [0.2, 0.25) is 0 Å². The van der Waals surface area contributed by atoms with Crippen LogP contribution in [0, 0.1) is 6.92 Å². The molecule has 0 spiro atoms. The first-order chi connectivity index (χ1) is 7.99. The monoisotopic (exact) mass is 238 g/mol. The first-order valence-corrected chi connectivity index (χ1v) is 5.44. The molecule has 1 N–H and O–H groups in total. The maximum Gasteiger partial charge on any atom is 0.303 e. The van der Waals surface area contributed by atoms with Gasteiger partial charge in [-0.1, -0.05) is 6.92 Å². The lowest BCUT2D eigenvalue weighted by Crippen LogP contribution is -2.04. The summed E-state index contributed by atoms with van der Waals surface area (Å²) >= 11 is 0. The Morgan fingerprint density at radius 1 is 1.29 bits per heavy atom. The number of benzene rings is 1. The van der Waals surface area contributed by atoms with Gasteiger partial charge in [0.05, 0.1) is 20.6 Å². The normalized spacial score (nSPS) is 12.0. The number of aliphatic carboxylic acids is 1. The molecule has 94 valence electrons. The second-order valence-corrected chi connectivity index (χ2v) is 4.05. The quantitative estimate of drug-likeness (QED) is 0.856. The highest BCUT2D eigenvalue weighted by molar-refractivity contribution is 5.68. The highest BCUT2D eigenvalue weighted by Gasteiger charge is 2.15. The predicted molar refractivity (Wildman–Crippen MR) is 65.0 cm³/mol. The Bertz CT molecular complexity index is 387. The molecule has 1 aromatic carbocycles. The SMILES string of the molecule is COc1cc(C(C)CC(=O)O)cc(OC)c1C. The Kier molecular flexibility index (Phi) is 4.37. The summed E-state index contributed by atoms with van der Waals surface area (Å²) in [6.07, 6.45) is 0.0926. The van der Waals surface area contributed by atoms with Crippen molar-refractivity contribution in [3.63, 3.8) is 0 Å². The Labute approximate surface area is 101 Å². The van der Waals surface area contributed by atoms with Crippen molar-refractivity contribution in [1.29, 1.82) is 0 Å². The summed E-state index contributed by atoms with van der Waals surface area (Å²) in [5.41, 5.74) is 1.83. The van der Waals surface area contributed by atoms with E-state index in [4.69, 9.17) is 14.6 Å². The van der Waals surface area contributed by atoms with Crippen molar-refractivity contribution in [2.75, 3.05) is 14.2 Å². The number of ether oxygens (including phenoxy) is 2. The third-order valence-electron chi connectivity index (χ3n) is 2.82. The lowest BCUT2D eigenvalue weighted by Gasteiger charge is -2.15. The van der Waals surface area contributed by atoms with E-state index in [9.17, 15) is 4.79 Å². The van der Waals surface area contributed by atoms with Crippen LogP contribution >= 0.6 is 0 Å². The zero-order chi connectivity index (χ0) is 13.0. The van der Waals surface area contributed by atoms with Gasteiger partial charge in [-0.15, -0.1) is 0 Å². The van der Waals surface area contributed by atoms with Crippen LogP contribution in [0.5, 0.6) is 11.5 Å². The Hall–Kier alpha value is -1.71. The number of methoxy groups -OCH3 is 2. The van der Waals surface area contributed by atoms with Crippen LogP contribution in [0.15, 0.2) is 12.1 Å². The lowest BCUT2D eigenvalue weighted by molar-refractivity contribution is -0.137. The van der Waals surface area contributed by atoms with Gasteiger partial charge in [0.15, 0.2) is 0 Å². The van der Waals surface area contributed by atoms with E-state index >= 15 is 0 Å². The Morgan fingerprint density at radius 2 is 1.76 bits per heavy atom. The molecule has 1 aromatic rings. The molecule has 0 aliphatic rings. The molecule has 0 bridgehead atoms. The molecule has 17 heavy (non-hydrogen) atoms. The van der Waals surface area contributed by atoms with E-state index in [1.165, 1.54) is 0 Å². The molecule has 0 saturated carbocycles. The van der Waals surface area contributed by atoms with Crippen LogP contribution in [0.25, 0.3) is 0 Å². The molecule has 0 fully saturated rings. The van der Waals surface area contributed by atoms with Gasteiger partial charge in [-0.3, -0.25) is 4.79 Å². The summed E-state index contributed by atoms with van der Waals surface area (Å²) in [6, 6.07) is 3.73. The topological polar surface area (TPSA) is 55.8 Å². The molecular weight excluding hydrogens is 220 g/mol. The fourth-order valence-electron chi connectivity index (χ4n) is 1.77. The molecule has 0 aromatic heterocycles. The van der Waals surface area contributed by atoms with Crippen molar-refractivity contribution >= 4 is 5.97 Å². The van der Waals surface area contributed by atoms with Crippen LogP contribution in [0.1, 0.15) is 30.4 Å². The summed E-state index contributed by atoms with van der Waals surface area (Å²) in [4.78, 5) is 10.7. The van der Waals surface area contributed by atoms with Crippen LogP contribution in [0.3, 0.4) is 0 Å². The molecule has 4 heteroatoms. The molecule has 0 heterocycles. The third-order valence-corrected chi connectivity index (χ3v) is 2.82. The second kappa shape index (κ2) is 5.57. The van der Waals surface area contributed by atoms with Crippen LogP contribution < -0.4 is 9.47 Å². The highest BCUT2D eigenvalue weighted by atomic mass is 16.5. The van der Waals surface area contributed by atoms with Crippen LogP contribution in [0.2, 0.25) is 0 Å². The van der Waals surface area contributed by atoms with Crippen molar-refractivity contribution in [2.24, 2.45) is 0 Å². The third kappa shape index (κ3) is 3.12. The van der Waals surface area contributed by atoms with Crippen LogP contribution in [-0.2, 0) is 4.79 Å². The average molecular weight is 238 g/mol. The van der Waals surface area contributed by atoms with Crippen molar-refractivity contribution < 1.29 is 19.4 Å². The molecule has 0 radical (unpaired) electrons. The zero-order valence-corrected chi connectivity index (χ0v) is 10.6. The molecular formula is C13H18O4. The lowest BCUT2D eigenvalue weighted by atomic mass is 9.96. The maximum absolute atomic E-state index is 10.7. The van der Waals surface area contributed by atoms with E-state index in [0.717, 1.165) is 22.6 Å². The number of carbonyl (C=O) groups is 1. The molecule has 0 aliphatic carbocycles. The molecule has 1 rings (SSSR count). The molecule has 0 aliphatic heterocycles. The molecule has 4 nitrogen and oxygen atoms in total. The predicted octanol–water partition coefficient (Wildman–Crippen LogP) is 2.59. The Morgan fingerprint density at radius 3 is 2.12 bits per heavy atom. The van der Waals surface area contributed by atoms with E-state index in [1.54, 1.807) is 14.2 Å². The maximum atomic E-state index is 10.7. The molecule has 1 unspecified atom stereocenters. The zero-order valence-electron chi connectivity index (χ0n) is 10.6. The first-order valence-electron chi connectivity index (χ1n) is 5.44. The number of carboxylic acids is 1. The molecule has 0 amide bonds. The summed E-state index contributed by atoms with van der Waals surface area (Å²) < 4.78 is 10.5. The number of carboxylic acid groups (broad SMARTS) is 1. The average Bonchev–Trinajstić information content (AvgIpc) is 2.28. The van der Waals surface area contributed by atoms with E-state index < -0.39 is 5.97 Å². The number of rotatable bonds is 5. The minimum absolute atomic E-state index is 0.0732. The minimum Gasteiger partial charge on any atom is -0.496 e. The van der Waals surface area contributed by atoms with Crippen molar-refractivity contribution in [3.8, 4) is 11.5 Å². The van der Waals surface area contributed by atoms with E-state index in [-0.39, 0.29) is 12.3 Å².